The molecule has 2 aromatic rings. The van der Waals surface area contributed by atoms with Gasteiger partial charge in [0.1, 0.15) is 13.2 Å². The molecule has 8 nitrogen and oxygen atoms in total. The molecule has 2 aliphatic rings. The Morgan fingerprint density at radius 1 is 1.18 bits per heavy atom. The summed E-state index contributed by atoms with van der Waals surface area (Å²) in [6.07, 6.45) is 0.652. The Balaban J connectivity index is 1.47. The second-order valence-corrected chi connectivity index (χ2v) is 8.95. The van der Waals surface area contributed by atoms with Gasteiger partial charge in [0.2, 0.25) is 15.9 Å². The molecule has 4 rings (SSSR count). The van der Waals surface area contributed by atoms with E-state index in [-0.39, 0.29) is 17.3 Å². The summed E-state index contributed by atoms with van der Waals surface area (Å²) in [5.41, 5.74) is 2.29. The number of ether oxygens (including phenoxy) is 2. The number of halogens is 1. The Morgan fingerprint density at radius 3 is 2.61 bits per heavy atom. The van der Waals surface area contributed by atoms with Crippen LogP contribution in [0.4, 0.5) is 11.4 Å². The summed E-state index contributed by atoms with van der Waals surface area (Å²) in [6.45, 7) is 1.72. The van der Waals surface area contributed by atoms with Gasteiger partial charge in [-0.15, -0.1) is 0 Å². The Kier molecular flexibility index (Phi) is 4.94. The first kappa shape index (κ1) is 19.0. The molecule has 2 heterocycles. The first-order chi connectivity index (χ1) is 13.3. The van der Waals surface area contributed by atoms with Crippen molar-refractivity contribution in [2.75, 3.05) is 36.5 Å². The molecular weight excluding hydrogens is 450 g/mol. The number of nitrogens with zero attached hydrogens (tertiary/aromatic N) is 1. The average molecular weight is 468 g/mol. The number of nitrogens with one attached hydrogen (secondary N) is 1. The van der Waals surface area contributed by atoms with Crippen molar-refractivity contribution in [3.8, 4) is 11.5 Å². The van der Waals surface area contributed by atoms with Crippen molar-refractivity contribution in [1.82, 2.24) is 0 Å². The summed E-state index contributed by atoms with van der Waals surface area (Å²) in [7, 11) is -3.74. The molecule has 0 saturated heterocycles. The summed E-state index contributed by atoms with van der Waals surface area (Å²) in [6, 6.07) is 8.22. The van der Waals surface area contributed by atoms with Crippen LogP contribution in [0.15, 0.2) is 39.7 Å². The van der Waals surface area contributed by atoms with Gasteiger partial charge in [-0.2, -0.15) is 0 Å². The third-order valence-corrected chi connectivity index (χ3v) is 6.18. The van der Waals surface area contributed by atoms with Gasteiger partial charge < -0.3 is 19.7 Å². The van der Waals surface area contributed by atoms with E-state index in [1.54, 1.807) is 24.3 Å². The first-order valence-electron chi connectivity index (χ1n) is 8.61. The molecule has 10 heteroatoms. The highest BCUT2D eigenvalue weighted by molar-refractivity contribution is 9.10. The third kappa shape index (κ3) is 3.80. The molecule has 0 aromatic heterocycles. The van der Waals surface area contributed by atoms with Gasteiger partial charge in [0.05, 0.1) is 17.1 Å². The fourth-order valence-electron chi connectivity index (χ4n) is 3.31. The number of rotatable bonds is 4. The molecule has 0 bridgehead atoms. The molecule has 0 aliphatic carbocycles. The van der Waals surface area contributed by atoms with Gasteiger partial charge in [-0.3, -0.25) is 4.79 Å². The number of primary sulfonamides is 1. The van der Waals surface area contributed by atoms with Crippen LogP contribution in [-0.4, -0.2) is 40.6 Å². The van der Waals surface area contributed by atoms with Crippen LogP contribution < -0.4 is 24.8 Å². The molecule has 1 amide bonds. The molecule has 0 unspecified atom stereocenters. The Hall–Kier alpha value is -2.30. The van der Waals surface area contributed by atoms with E-state index in [1.807, 2.05) is 4.90 Å². The number of nitrogens with two attached hydrogens (primary N) is 1. The van der Waals surface area contributed by atoms with Crippen LogP contribution in [0.2, 0.25) is 0 Å². The molecule has 0 atom stereocenters. The van der Waals surface area contributed by atoms with Crippen molar-refractivity contribution < 1.29 is 22.7 Å². The molecule has 0 spiro atoms. The SMILES string of the molecule is NS(=O)(=O)c1ccc2c(c1)CCN2CC(=O)Nc1cc2c(cc1Br)OCCO2. The molecule has 0 saturated carbocycles. The maximum atomic E-state index is 12.6. The number of amides is 1. The van der Waals surface area contributed by atoms with E-state index in [0.717, 1.165) is 11.3 Å². The van der Waals surface area contributed by atoms with Gasteiger partial charge in [0.25, 0.3) is 0 Å². The first-order valence-corrected chi connectivity index (χ1v) is 10.9. The third-order valence-electron chi connectivity index (χ3n) is 4.61. The van der Waals surface area contributed by atoms with Crippen molar-refractivity contribution in [3.05, 3.63) is 40.4 Å². The standard InChI is InChI=1S/C18H18BrN3O5S/c19-13-8-16-17(27-6-5-26-16)9-14(13)21-18(23)10-22-4-3-11-7-12(28(20,24)25)1-2-15(11)22/h1-2,7-9H,3-6,10H2,(H,21,23)(H2,20,24,25). The topological polar surface area (TPSA) is 111 Å². The molecule has 0 radical (unpaired) electrons. The van der Waals surface area contributed by atoms with E-state index in [1.165, 1.54) is 6.07 Å². The number of benzene rings is 2. The normalized spacial score (nSPS) is 15.3. The minimum atomic E-state index is -3.74. The van der Waals surface area contributed by atoms with Crippen LogP contribution in [0.1, 0.15) is 5.56 Å². The number of hydrogen-bond donors (Lipinski definition) is 2. The van der Waals surface area contributed by atoms with Gasteiger partial charge in [-0.25, -0.2) is 13.6 Å². The summed E-state index contributed by atoms with van der Waals surface area (Å²) in [5, 5.41) is 8.06. The van der Waals surface area contributed by atoms with Crippen LogP contribution in [0, 0.1) is 0 Å². The van der Waals surface area contributed by atoms with Crippen LogP contribution in [0.3, 0.4) is 0 Å². The second kappa shape index (κ2) is 7.26. The van der Waals surface area contributed by atoms with E-state index in [4.69, 9.17) is 14.6 Å². The van der Waals surface area contributed by atoms with Crippen molar-refractivity contribution in [3.63, 3.8) is 0 Å². The predicted octanol–water partition coefficient (Wildman–Crippen LogP) is 1.87. The van der Waals surface area contributed by atoms with Crippen LogP contribution in [0.5, 0.6) is 11.5 Å². The minimum Gasteiger partial charge on any atom is -0.486 e. The van der Waals surface area contributed by atoms with E-state index < -0.39 is 10.0 Å². The van der Waals surface area contributed by atoms with E-state index in [9.17, 15) is 13.2 Å². The molecule has 0 fully saturated rings. The zero-order chi connectivity index (χ0) is 19.9. The van der Waals surface area contributed by atoms with Crippen LogP contribution >= 0.6 is 15.9 Å². The number of carbonyl (C=O) groups is 1. The Bertz CT molecular complexity index is 1060. The van der Waals surface area contributed by atoms with Crippen LogP contribution in [-0.2, 0) is 21.2 Å². The number of anilines is 2. The Morgan fingerprint density at radius 2 is 1.89 bits per heavy atom. The monoisotopic (exact) mass is 467 g/mol. The summed E-state index contributed by atoms with van der Waals surface area (Å²) in [4.78, 5) is 14.6. The van der Waals surface area contributed by atoms with E-state index in [0.29, 0.717) is 47.8 Å². The zero-order valence-corrected chi connectivity index (χ0v) is 17.2. The Labute approximate surface area is 170 Å². The fraction of sp³-hybridized carbons (Fsp3) is 0.278. The zero-order valence-electron chi connectivity index (χ0n) is 14.8. The lowest BCUT2D eigenvalue weighted by atomic mass is 10.2. The number of sulfonamides is 1. The number of hydrogen-bond acceptors (Lipinski definition) is 6. The van der Waals surface area contributed by atoms with E-state index in [2.05, 4.69) is 21.2 Å². The summed E-state index contributed by atoms with van der Waals surface area (Å²) < 4.78 is 34.8. The van der Waals surface area contributed by atoms with Gasteiger partial charge in [-0.05, 0) is 46.1 Å². The maximum Gasteiger partial charge on any atom is 0.243 e. The summed E-state index contributed by atoms with van der Waals surface area (Å²) >= 11 is 3.44. The highest BCUT2D eigenvalue weighted by Gasteiger charge is 2.24. The van der Waals surface area contributed by atoms with Gasteiger partial charge in [0, 0.05) is 28.8 Å². The van der Waals surface area contributed by atoms with Gasteiger partial charge in [0.15, 0.2) is 11.5 Å². The average Bonchev–Trinajstić information content (AvgIpc) is 3.04. The lowest BCUT2D eigenvalue weighted by molar-refractivity contribution is -0.115. The maximum absolute atomic E-state index is 12.6. The van der Waals surface area contributed by atoms with Gasteiger partial charge in [-0.1, -0.05) is 0 Å². The molecule has 148 valence electrons. The lowest BCUT2D eigenvalue weighted by Crippen LogP contribution is -2.32. The van der Waals surface area contributed by atoms with Crippen molar-refractivity contribution in [2.45, 2.75) is 11.3 Å². The molecule has 28 heavy (non-hydrogen) atoms. The molecule has 2 aromatic carbocycles. The minimum absolute atomic E-state index is 0.0813. The summed E-state index contributed by atoms with van der Waals surface area (Å²) in [5.74, 6) is 1.03. The number of carbonyl (C=O) groups excluding carboxylic acids is 1. The van der Waals surface area contributed by atoms with Crippen LogP contribution in [0.25, 0.3) is 0 Å². The predicted molar refractivity (Wildman–Crippen MR) is 107 cm³/mol. The molecular formula is C18H18BrN3O5S. The largest absolute Gasteiger partial charge is 0.486 e. The van der Waals surface area contributed by atoms with Crippen molar-refractivity contribution in [1.29, 1.82) is 0 Å². The fourth-order valence-corrected chi connectivity index (χ4v) is 4.30. The van der Waals surface area contributed by atoms with Crippen molar-refractivity contribution in [2.24, 2.45) is 5.14 Å². The van der Waals surface area contributed by atoms with Gasteiger partial charge >= 0.3 is 0 Å². The highest BCUT2D eigenvalue weighted by atomic mass is 79.9. The molecule has 2 aliphatic heterocycles. The quantitative estimate of drug-likeness (QED) is 0.709. The highest BCUT2D eigenvalue weighted by Crippen LogP contribution is 2.38. The lowest BCUT2D eigenvalue weighted by Gasteiger charge is -2.21. The number of fused-ring (bicyclic) bond motifs is 2. The smallest absolute Gasteiger partial charge is 0.243 e. The molecule has 3 N–H and O–H groups in total. The van der Waals surface area contributed by atoms with Crippen molar-refractivity contribution >= 4 is 43.2 Å². The van der Waals surface area contributed by atoms with E-state index >= 15 is 0 Å². The second-order valence-electron chi connectivity index (χ2n) is 6.53.